The maximum Gasteiger partial charge on any atom is 0.577 e. The van der Waals surface area contributed by atoms with Crippen molar-refractivity contribution in [3.8, 4) is 0 Å². The lowest BCUT2D eigenvalue weighted by atomic mass is 9.91. The number of hydrogen-bond acceptors (Lipinski definition) is 3. The molecule has 0 aromatic heterocycles. The first-order valence-corrected chi connectivity index (χ1v) is 9.61. The van der Waals surface area contributed by atoms with E-state index in [9.17, 15) is 57.1 Å². The standard InChI is InChI=1S/C14H18F13O3Si/c1-4-28-31(29-5-2)30-8(3)6-7-9(15,16)10(17,18)11(19,20)12(21,22)13(23,24)14(25,26)27/h8H,4-7H2,1-3H3. The fraction of sp³-hybridized carbons (Fsp3) is 1.00. The summed E-state index contributed by atoms with van der Waals surface area (Å²) in [7, 11) is -2.56. The Balaban J connectivity index is 5.63. The predicted molar refractivity (Wildman–Crippen MR) is 79.6 cm³/mol. The van der Waals surface area contributed by atoms with E-state index in [1.165, 1.54) is 13.8 Å². The van der Waals surface area contributed by atoms with Gasteiger partial charge in [-0.1, -0.05) is 0 Å². The molecule has 0 bridgehead atoms. The van der Waals surface area contributed by atoms with E-state index in [4.69, 9.17) is 13.3 Å². The van der Waals surface area contributed by atoms with Crippen LogP contribution in [0, 0.1) is 0 Å². The molecule has 0 aliphatic rings. The molecule has 0 N–H and O–H groups in total. The zero-order chi connectivity index (χ0) is 25.1. The van der Waals surface area contributed by atoms with Crippen molar-refractivity contribution in [1.29, 1.82) is 0 Å². The highest BCUT2D eigenvalue weighted by atomic mass is 28.3. The molecule has 17 heteroatoms. The van der Waals surface area contributed by atoms with Gasteiger partial charge in [0.1, 0.15) is 0 Å². The van der Waals surface area contributed by atoms with Crippen molar-refractivity contribution in [3.63, 3.8) is 0 Å². The van der Waals surface area contributed by atoms with Gasteiger partial charge in [0, 0.05) is 25.7 Å². The molecule has 0 spiro atoms. The lowest BCUT2D eigenvalue weighted by molar-refractivity contribution is -0.440. The molecule has 0 rings (SSSR count). The normalized spacial score (nSPS) is 16.2. The molecular formula is C14H18F13O3Si. The van der Waals surface area contributed by atoms with Crippen molar-refractivity contribution in [1.82, 2.24) is 0 Å². The Kier molecular flexibility index (Phi) is 9.72. The zero-order valence-electron chi connectivity index (χ0n) is 16.0. The highest BCUT2D eigenvalue weighted by molar-refractivity contribution is 6.36. The number of alkyl halides is 13. The van der Waals surface area contributed by atoms with E-state index in [0.717, 1.165) is 6.92 Å². The number of hydrogen-bond donors (Lipinski definition) is 0. The van der Waals surface area contributed by atoms with Crippen LogP contribution in [-0.2, 0) is 13.3 Å². The lowest BCUT2D eigenvalue weighted by Crippen LogP contribution is -2.70. The molecule has 3 nitrogen and oxygen atoms in total. The van der Waals surface area contributed by atoms with Gasteiger partial charge in [0.15, 0.2) is 0 Å². The van der Waals surface area contributed by atoms with Crippen LogP contribution in [0.4, 0.5) is 57.1 Å². The second-order valence-electron chi connectivity index (χ2n) is 6.08. The first-order chi connectivity index (χ1) is 13.6. The van der Waals surface area contributed by atoms with Crippen LogP contribution in [0.2, 0.25) is 0 Å². The van der Waals surface area contributed by atoms with Crippen molar-refractivity contribution in [3.05, 3.63) is 0 Å². The highest BCUT2D eigenvalue weighted by Crippen LogP contribution is 2.60. The van der Waals surface area contributed by atoms with Crippen LogP contribution >= 0.6 is 0 Å². The molecule has 1 radical (unpaired) electrons. The van der Waals surface area contributed by atoms with Gasteiger partial charge < -0.3 is 13.3 Å². The number of halogens is 13. The summed E-state index contributed by atoms with van der Waals surface area (Å²) < 4.78 is 184. The highest BCUT2D eigenvalue weighted by Gasteiger charge is 2.90. The molecule has 187 valence electrons. The molecule has 0 fully saturated rings. The average Bonchev–Trinajstić information content (AvgIpc) is 2.58. The first-order valence-electron chi connectivity index (χ1n) is 8.39. The van der Waals surface area contributed by atoms with E-state index in [-0.39, 0.29) is 13.2 Å². The molecule has 0 amide bonds. The Morgan fingerprint density at radius 2 is 1.03 bits per heavy atom. The van der Waals surface area contributed by atoms with Crippen molar-refractivity contribution in [2.24, 2.45) is 0 Å². The summed E-state index contributed by atoms with van der Waals surface area (Å²) in [6, 6.07) is 0. The second-order valence-corrected chi connectivity index (χ2v) is 7.40. The van der Waals surface area contributed by atoms with E-state index in [2.05, 4.69) is 0 Å². The largest absolute Gasteiger partial charge is 0.577 e. The molecule has 0 saturated carbocycles. The van der Waals surface area contributed by atoms with E-state index in [0.29, 0.717) is 0 Å². The first kappa shape index (κ1) is 30.2. The summed E-state index contributed by atoms with van der Waals surface area (Å²) in [6.07, 6.45) is -12.4. The minimum absolute atomic E-state index is 0.0178. The van der Waals surface area contributed by atoms with Gasteiger partial charge in [0.05, 0.1) is 0 Å². The van der Waals surface area contributed by atoms with Gasteiger partial charge in [-0.3, -0.25) is 0 Å². The van der Waals surface area contributed by atoms with Gasteiger partial charge >= 0.3 is 45.3 Å². The molecule has 0 heterocycles. The van der Waals surface area contributed by atoms with Gasteiger partial charge in [-0.2, -0.15) is 57.1 Å². The van der Waals surface area contributed by atoms with E-state index < -0.39 is 64.3 Å². The van der Waals surface area contributed by atoms with E-state index in [1.807, 2.05) is 0 Å². The van der Waals surface area contributed by atoms with Crippen LogP contribution in [0.25, 0.3) is 0 Å². The van der Waals surface area contributed by atoms with E-state index in [1.54, 1.807) is 0 Å². The zero-order valence-corrected chi connectivity index (χ0v) is 17.0. The Labute approximate surface area is 169 Å². The van der Waals surface area contributed by atoms with Crippen molar-refractivity contribution >= 4 is 9.53 Å². The third-order valence-electron chi connectivity index (χ3n) is 3.69. The quantitative estimate of drug-likeness (QED) is 0.226. The second kappa shape index (κ2) is 9.99. The minimum atomic E-state index is -7.90. The molecule has 0 aliphatic heterocycles. The molecule has 0 saturated heterocycles. The van der Waals surface area contributed by atoms with Crippen molar-refractivity contribution < 1.29 is 70.4 Å². The van der Waals surface area contributed by atoms with Gasteiger partial charge in [0.25, 0.3) is 0 Å². The molecule has 0 aliphatic carbocycles. The van der Waals surface area contributed by atoms with Crippen LogP contribution < -0.4 is 0 Å². The Morgan fingerprint density at radius 3 is 1.39 bits per heavy atom. The maximum atomic E-state index is 13.7. The molecule has 1 unspecified atom stereocenters. The Hall–Kier alpha value is -0.813. The Bertz CT molecular complexity index is 562. The summed E-state index contributed by atoms with van der Waals surface area (Å²) in [4.78, 5) is 0. The van der Waals surface area contributed by atoms with Crippen LogP contribution in [0.3, 0.4) is 0 Å². The fourth-order valence-corrected chi connectivity index (χ4v) is 3.05. The summed E-state index contributed by atoms with van der Waals surface area (Å²) in [5.41, 5.74) is 0. The van der Waals surface area contributed by atoms with Crippen molar-refractivity contribution in [2.45, 2.75) is 75.5 Å². The van der Waals surface area contributed by atoms with Crippen LogP contribution in [0.1, 0.15) is 33.6 Å². The molecule has 1 atom stereocenters. The van der Waals surface area contributed by atoms with Gasteiger partial charge in [-0.25, -0.2) is 0 Å². The molecule has 0 aromatic carbocycles. The Morgan fingerprint density at radius 1 is 0.645 bits per heavy atom. The van der Waals surface area contributed by atoms with Crippen LogP contribution in [-0.4, -0.2) is 64.6 Å². The SMILES string of the molecule is CCO[Si](OCC)OC(C)CCC(F)(F)C(F)(F)C(F)(F)C(F)(F)C(F)(F)C(F)(F)F. The summed E-state index contributed by atoms with van der Waals surface area (Å²) in [5, 5.41) is 0. The van der Waals surface area contributed by atoms with Gasteiger partial charge in [-0.15, -0.1) is 0 Å². The lowest BCUT2D eigenvalue weighted by Gasteiger charge is -2.40. The third kappa shape index (κ3) is 5.96. The molecule has 0 aromatic rings. The summed E-state index contributed by atoms with van der Waals surface area (Å²) in [6.45, 7) is 3.96. The molecular weight excluding hydrogens is 491 g/mol. The van der Waals surface area contributed by atoms with Gasteiger partial charge in [0.2, 0.25) is 0 Å². The summed E-state index contributed by atoms with van der Waals surface area (Å²) in [5.74, 6) is -36.8. The minimum Gasteiger partial charge on any atom is -0.371 e. The van der Waals surface area contributed by atoms with Gasteiger partial charge in [-0.05, 0) is 27.2 Å². The fourth-order valence-electron chi connectivity index (χ4n) is 1.91. The van der Waals surface area contributed by atoms with Crippen LogP contribution in [0.5, 0.6) is 0 Å². The van der Waals surface area contributed by atoms with Crippen LogP contribution in [0.15, 0.2) is 0 Å². The monoisotopic (exact) mass is 509 g/mol. The average molecular weight is 509 g/mol. The summed E-state index contributed by atoms with van der Waals surface area (Å²) >= 11 is 0. The third-order valence-corrected chi connectivity index (χ3v) is 5.33. The smallest absolute Gasteiger partial charge is 0.371 e. The molecule has 31 heavy (non-hydrogen) atoms. The maximum absolute atomic E-state index is 13.7. The van der Waals surface area contributed by atoms with E-state index >= 15 is 0 Å². The topological polar surface area (TPSA) is 27.7 Å². The predicted octanol–water partition coefficient (Wildman–Crippen LogP) is 5.97. The van der Waals surface area contributed by atoms with Crippen molar-refractivity contribution in [2.75, 3.05) is 13.2 Å². The number of rotatable bonds is 13.